The highest BCUT2D eigenvalue weighted by molar-refractivity contribution is 6.20. The van der Waals surface area contributed by atoms with E-state index in [1.54, 1.807) is 0 Å². The van der Waals surface area contributed by atoms with Crippen LogP contribution in [0.25, 0.3) is 0 Å². The van der Waals surface area contributed by atoms with Crippen molar-refractivity contribution in [1.29, 1.82) is 0 Å². The molecule has 0 saturated carbocycles. The van der Waals surface area contributed by atoms with Crippen molar-refractivity contribution in [1.82, 2.24) is 0 Å². The lowest BCUT2D eigenvalue weighted by Crippen LogP contribution is -1.98. The van der Waals surface area contributed by atoms with Crippen LogP contribution in [-0.4, -0.2) is 10.8 Å². The first-order valence-corrected chi connectivity index (χ1v) is 5.82. The summed E-state index contributed by atoms with van der Waals surface area (Å²) in [7, 11) is 0. The van der Waals surface area contributed by atoms with Crippen LogP contribution in [0.1, 0.15) is 52.4 Å². The van der Waals surface area contributed by atoms with Gasteiger partial charge in [-0.1, -0.05) is 26.2 Å². The van der Waals surface area contributed by atoms with Crippen molar-refractivity contribution in [2.24, 2.45) is 0 Å². The van der Waals surface area contributed by atoms with Crippen molar-refractivity contribution < 1.29 is 0 Å². The molecule has 0 saturated heterocycles. The molecule has 2 heteroatoms. The van der Waals surface area contributed by atoms with Crippen molar-refractivity contribution in [3.8, 4) is 0 Å². The average Bonchev–Trinajstić information content (AvgIpc) is 1.98. The maximum absolute atomic E-state index is 6.06. The Bertz CT molecular complexity index is 91.8. The van der Waals surface area contributed by atoms with Gasteiger partial charge in [-0.3, -0.25) is 0 Å². The summed E-state index contributed by atoms with van der Waals surface area (Å²) in [6.07, 6.45) is 7.07. The van der Waals surface area contributed by atoms with Gasteiger partial charge in [-0.2, -0.15) is 0 Å². The van der Waals surface area contributed by atoms with Crippen molar-refractivity contribution in [2.75, 3.05) is 0 Å². The van der Waals surface area contributed by atoms with Gasteiger partial charge in [0.25, 0.3) is 0 Å². The molecule has 0 rings (SSSR count). The van der Waals surface area contributed by atoms with E-state index in [1.807, 2.05) is 6.92 Å². The van der Waals surface area contributed by atoms with Crippen LogP contribution >= 0.6 is 23.2 Å². The molecule has 0 heterocycles. The predicted octanol–water partition coefficient (Wildman–Crippen LogP) is 4.58. The molecule has 74 valence electrons. The van der Waals surface area contributed by atoms with Crippen LogP contribution in [0.5, 0.6) is 0 Å². The van der Waals surface area contributed by atoms with Gasteiger partial charge in [0.05, 0.1) is 0 Å². The minimum atomic E-state index is 0.324. The molecule has 0 N–H and O–H groups in total. The summed E-state index contributed by atoms with van der Waals surface area (Å²) in [5.41, 5.74) is 0. The topological polar surface area (TPSA) is 0 Å². The lowest BCUT2D eigenvalue weighted by atomic mass is 10.1. The van der Waals surface area contributed by atoms with Crippen LogP contribution in [0.4, 0.5) is 0 Å². The standard InChI is InChI=1S/C10H20Cl2/c1-3-6-10(12)8-5-4-7-9(2)11/h9-10H,3-8H2,1-2H3. The monoisotopic (exact) mass is 210 g/mol. The molecule has 0 aliphatic rings. The largest absolute Gasteiger partial charge is 0.123 e. The summed E-state index contributed by atoms with van der Waals surface area (Å²) < 4.78 is 0. The van der Waals surface area contributed by atoms with E-state index in [2.05, 4.69) is 6.92 Å². The van der Waals surface area contributed by atoms with Crippen molar-refractivity contribution in [3.05, 3.63) is 0 Å². The van der Waals surface area contributed by atoms with Gasteiger partial charge in [-0.25, -0.2) is 0 Å². The molecule has 0 aromatic rings. The molecule has 0 bridgehead atoms. The minimum Gasteiger partial charge on any atom is -0.123 e. The molecule has 0 aliphatic carbocycles. The number of unbranched alkanes of at least 4 members (excludes halogenated alkanes) is 1. The minimum absolute atomic E-state index is 0.324. The Morgan fingerprint density at radius 3 is 2.08 bits per heavy atom. The summed E-state index contributed by atoms with van der Waals surface area (Å²) in [4.78, 5) is 0. The Morgan fingerprint density at radius 1 is 1.00 bits per heavy atom. The SMILES string of the molecule is CCCC(Cl)CCCCC(C)Cl. The Labute approximate surface area is 86.6 Å². The lowest BCUT2D eigenvalue weighted by Gasteiger charge is -2.07. The normalized spacial score (nSPS) is 16.0. The molecule has 2 atom stereocenters. The molecule has 0 aliphatic heterocycles. The molecule has 0 amide bonds. The first-order valence-electron chi connectivity index (χ1n) is 4.95. The number of halogens is 2. The molecule has 2 unspecified atom stereocenters. The average molecular weight is 211 g/mol. The summed E-state index contributed by atoms with van der Waals surface area (Å²) >= 11 is 11.9. The van der Waals surface area contributed by atoms with Crippen LogP contribution in [0.3, 0.4) is 0 Å². The third-order valence-corrected chi connectivity index (χ3v) is 2.63. The van der Waals surface area contributed by atoms with Gasteiger partial charge in [0.15, 0.2) is 0 Å². The Morgan fingerprint density at radius 2 is 1.58 bits per heavy atom. The van der Waals surface area contributed by atoms with Crippen molar-refractivity contribution in [2.45, 2.75) is 63.1 Å². The Hall–Kier alpha value is 0.580. The third-order valence-electron chi connectivity index (χ3n) is 1.97. The summed E-state index contributed by atoms with van der Waals surface area (Å²) in [5, 5.41) is 0.714. The molecule has 0 aromatic carbocycles. The quantitative estimate of drug-likeness (QED) is 0.427. The highest BCUT2D eigenvalue weighted by Gasteiger charge is 2.03. The second kappa shape index (κ2) is 8.19. The van der Waals surface area contributed by atoms with Crippen LogP contribution in [-0.2, 0) is 0 Å². The molecule has 12 heavy (non-hydrogen) atoms. The van der Waals surface area contributed by atoms with Crippen LogP contribution in [0, 0.1) is 0 Å². The predicted molar refractivity (Wildman–Crippen MR) is 58.3 cm³/mol. The molecule has 0 spiro atoms. The lowest BCUT2D eigenvalue weighted by molar-refractivity contribution is 0.593. The maximum Gasteiger partial charge on any atom is 0.0336 e. The van der Waals surface area contributed by atoms with Gasteiger partial charge in [0.1, 0.15) is 0 Å². The van der Waals surface area contributed by atoms with Gasteiger partial charge in [-0.05, 0) is 26.2 Å². The van der Waals surface area contributed by atoms with E-state index in [4.69, 9.17) is 23.2 Å². The number of alkyl halides is 2. The van der Waals surface area contributed by atoms with E-state index in [0.717, 1.165) is 19.3 Å². The highest BCUT2D eigenvalue weighted by atomic mass is 35.5. The molecular weight excluding hydrogens is 191 g/mol. The number of rotatable bonds is 7. The van der Waals surface area contributed by atoms with Gasteiger partial charge < -0.3 is 0 Å². The van der Waals surface area contributed by atoms with Crippen LogP contribution in [0.2, 0.25) is 0 Å². The smallest absolute Gasteiger partial charge is 0.0336 e. The molecule has 0 nitrogen and oxygen atoms in total. The fourth-order valence-corrected chi connectivity index (χ4v) is 1.78. The van der Waals surface area contributed by atoms with Gasteiger partial charge >= 0.3 is 0 Å². The van der Waals surface area contributed by atoms with Crippen LogP contribution in [0.15, 0.2) is 0 Å². The van der Waals surface area contributed by atoms with E-state index in [9.17, 15) is 0 Å². The van der Waals surface area contributed by atoms with Gasteiger partial charge in [0, 0.05) is 10.8 Å². The summed E-state index contributed by atoms with van der Waals surface area (Å²) in [6.45, 7) is 4.22. The number of hydrogen-bond acceptors (Lipinski definition) is 0. The highest BCUT2D eigenvalue weighted by Crippen LogP contribution is 2.15. The zero-order valence-corrected chi connectivity index (χ0v) is 9.67. The van der Waals surface area contributed by atoms with Crippen molar-refractivity contribution >= 4 is 23.2 Å². The zero-order valence-electron chi connectivity index (χ0n) is 8.15. The van der Waals surface area contributed by atoms with Gasteiger partial charge in [-0.15, -0.1) is 23.2 Å². The van der Waals surface area contributed by atoms with E-state index in [1.165, 1.54) is 19.3 Å². The second-order valence-corrected chi connectivity index (χ2v) is 4.81. The summed E-state index contributed by atoms with van der Waals surface area (Å²) in [5.74, 6) is 0. The maximum atomic E-state index is 6.06. The van der Waals surface area contributed by atoms with E-state index in [-0.39, 0.29) is 0 Å². The van der Waals surface area contributed by atoms with Crippen LogP contribution < -0.4 is 0 Å². The van der Waals surface area contributed by atoms with E-state index in [0.29, 0.717) is 10.8 Å². The Kier molecular flexibility index (Phi) is 8.59. The Balaban J connectivity index is 3.08. The fraction of sp³-hybridized carbons (Fsp3) is 1.00. The first-order chi connectivity index (χ1) is 5.66. The molecule has 0 radical (unpaired) electrons. The second-order valence-electron chi connectivity index (χ2n) is 3.45. The van der Waals surface area contributed by atoms with E-state index >= 15 is 0 Å². The third kappa shape index (κ3) is 8.67. The van der Waals surface area contributed by atoms with Crippen molar-refractivity contribution in [3.63, 3.8) is 0 Å². The first kappa shape index (κ1) is 12.6. The molecule has 0 aromatic heterocycles. The number of hydrogen-bond donors (Lipinski definition) is 0. The zero-order chi connectivity index (χ0) is 9.40. The molecule has 0 fully saturated rings. The molecular formula is C10H20Cl2. The fourth-order valence-electron chi connectivity index (χ4n) is 1.25. The van der Waals surface area contributed by atoms with Gasteiger partial charge in [0.2, 0.25) is 0 Å². The summed E-state index contributed by atoms with van der Waals surface area (Å²) in [6, 6.07) is 0. The van der Waals surface area contributed by atoms with E-state index < -0.39 is 0 Å².